The van der Waals surface area contributed by atoms with Crippen LogP contribution in [-0.2, 0) is 16.0 Å². The fourth-order valence-corrected chi connectivity index (χ4v) is 3.35. The van der Waals surface area contributed by atoms with Gasteiger partial charge in [0.1, 0.15) is 6.04 Å². The Bertz CT molecular complexity index is 803. The van der Waals surface area contributed by atoms with Crippen molar-refractivity contribution in [3.8, 4) is 0 Å². The lowest BCUT2D eigenvalue weighted by Crippen LogP contribution is -2.49. The predicted octanol–water partition coefficient (Wildman–Crippen LogP) is 2.30. The predicted molar refractivity (Wildman–Crippen MR) is 112 cm³/mol. The van der Waals surface area contributed by atoms with E-state index in [-0.39, 0.29) is 11.8 Å². The van der Waals surface area contributed by atoms with Crippen LogP contribution in [0.25, 0.3) is 0 Å². The molecule has 28 heavy (non-hydrogen) atoms. The van der Waals surface area contributed by atoms with Crippen molar-refractivity contribution in [2.45, 2.75) is 38.3 Å². The van der Waals surface area contributed by atoms with E-state index in [1.54, 1.807) is 6.92 Å². The second-order valence-electron chi connectivity index (χ2n) is 7.26. The van der Waals surface area contributed by atoms with Gasteiger partial charge < -0.3 is 21.3 Å². The summed E-state index contributed by atoms with van der Waals surface area (Å²) in [5, 5.41) is 5.58. The fourth-order valence-electron chi connectivity index (χ4n) is 3.35. The molecular formula is C22H28N4O2. The third-order valence-corrected chi connectivity index (χ3v) is 4.97. The first-order chi connectivity index (χ1) is 13.5. The topological polar surface area (TPSA) is 87.5 Å². The smallest absolute Gasteiger partial charge is 0.246 e. The average Bonchev–Trinajstić information content (AvgIpc) is 3.23. The molecule has 0 spiro atoms. The molecule has 6 nitrogen and oxygen atoms in total. The Morgan fingerprint density at radius 1 is 1.04 bits per heavy atom. The van der Waals surface area contributed by atoms with Gasteiger partial charge in [-0.1, -0.05) is 36.4 Å². The Morgan fingerprint density at radius 3 is 2.46 bits per heavy atom. The molecule has 1 saturated heterocycles. The summed E-state index contributed by atoms with van der Waals surface area (Å²) in [5.74, 6) is -0.601. The zero-order valence-electron chi connectivity index (χ0n) is 16.2. The molecular weight excluding hydrogens is 352 g/mol. The van der Waals surface area contributed by atoms with E-state index in [0.717, 1.165) is 30.0 Å². The Kier molecular flexibility index (Phi) is 6.66. The van der Waals surface area contributed by atoms with Crippen molar-refractivity contribution < 1.29 is 9.59 Å². The van der Waals surface area contributed by atoms with E-state index in [0.29, 0.717) is 6.42 Å². The summed E-state index contributed by atoms with van der Waals surface area (Å²) in [7, 11) is 0. The van der Waals surface area contributed by atoms with Crippen LogP contribution in [0.1, 0.15) is 25.3 Å². The SMILES string of the molecule is CC(NC(=O)C(N)Cc1ccccc1)C(=O)Nc1cccc(N2CCCC2)c1. The number of rotatable bonds is 7. The maximum atomic E-state index is 12.5. The van der Waals surface area contributed by atoms with Gasteiger partial charge in [-0.05, 0) is 49.9 Å². The Balaban J connectivity index is 1.52. The molecule has 2 aromatic rings. The molecule has 0 aliphatic carbocycles. The van der Waals surface area contributed by atoms with Crippen molar-refractivity contribution in [3.05, 3.63) is 60.2 Å². The number of carbonyl (C=O) groups is 2. The number of benzene rings is 2. The van der Waals surface area contributed by atoms with Crippen molar-refractivity contribution in [1.29, 1.82) is 0 Å². The van der Waals surface area contributed by atoms with Crippen LogP contribution in [0.2, 0.25) is 0 Å². The van der Waals surface area contributed by atoms with E-state index in [2.05, 4.69) is 21.6 Å². The molecule has 0 saturated carbocycles. The minimum Gasteiger partial charge on any atom is -0.371 e. The molecule has 0 aromatic heterocycles. The average molecular weight is 380 g/mol. The lowest BCUT2D eigenvalue weighted by molar-refractivity contribution is -0.127. The van der Waals surface area contributed by atoms with Gasteiger partial charge in [-0.2, -0.15) is 0 Å². The van der Waals surface area contributed by atoms with Crippen molar-refractivity contribution in [3.63, 3.8) is 0 Å². The zero-order valence-corrected chi connectivity index (χ0v) is 16.2. The van der Waals surface area contributed by atoms with Gasteiger partial charge in [0.15, 0.2) is 0 Å². The van der Waals surface area contributed by atoms with E-state index < -0.39 is 12.1 Å². The molecule has 0 bridgehead atoms. The Morgan fingerprint density at radius 2 is 1.75 bits per heavy atom. The van der Waals surface area contributed by atoms with Crippen LogP contribution in [0.3, 0.4) is 0 Å². The summed E-state index contributed by atoms with van der Waals surface area (Å²) in [6.07, 6.45) is 2.82. The van der Waals surface area contributed by atoms with Crippen LogP contribution >= 0.6 is 0 Å². The van der Waals surface area contributed by atoms with Crippen molar-refractivity contribution in [2.75, 3.05) is 23.3 Å². The van der Waals surface area contributed by atoms with Crippen LogP contribution in [-0.4, -0.2) is 37.0 Å². The lowest BCUT2D eigenvalue weighted by Gasteiger charge is -2.20. The molecule has 2 aromatic carbocycles. The molecule has 4 N–H and O–H groups in total. The number of hydrogen-bond donors (Lipinski definition) is 3. The summed E-state index contributed by atoms with van der Waals surface area (Å²) in [5.41, 5.74) is 8.81. The summed E-state index contributed by atoms with van der Waals surface area (Å²) >= 11 is 0. The normalized spacial score (nSPS) is 15.7. The molecule has 6 heteroatoms. The highest BCUT2D eigenvalue weighted by Gasteiger charge is 2.21. The third kappa shape index (κ3) is 5.33. The largest absolute Gasteiger partial charge is 0.371 e. The van der Waals surface area contributed by atoms with Gasteiger partial charge >= 0.3 is 0 Å². The van der Waals surface area contributed by atoms with E-state index in [1.165, 1.54) is 12.8 Å². The highest BCUT2D eigenvalue weighted by atomic mass is 16.2. The first kappa shape index (κ1) is 19.9. The second-order valence-corrected chi connectivity index (χ2v) is 7.26. The van der Waals surface area contributed by atoms with Crippen LogP contribution in [0.4, 0.5) is 11.4 Å². The number of anilines is 2. The highest BCUT2D eigenvalue weighted by molar-refractivity contribution is 5.97. The molecule has 1 heterocycles. The van der Waals surface area contributed by atoms with E-state index in [9.17, 15) is 9.59 Å². The van der Waals surface area contributed by atoms with Crippen LogP contribution in [0.5, 0.6) is 0 Å². The number of nitrogens with two attached hydrogens (primary N) is 1. The van der Waals surface area contributed by atoms with Gasteiger partial charge in [0.05, 0.1) is 6.04 Å². The molecule has 1 aliphatic rings. The standard InChI is InChI=1S/C22H28N4O2/c1-16(24-22(28)20(23)14-17-8-3-2-4-9-17)21(27)25-18-10-7-11-19(15-18)26-12-5-6-13-26/h2-4,7-11,15-16,20H,5-6,12-14,23H2,1H3,(H,24,28)(H,25,27). The Labute approximate surface area is 166 Å². The summed E-state index contributed by atoms with van der Waals surface area (Å²) in [6, 6.07) is 16.0. The van der Waals surface area contributed by atoms with Crippen LogP contribution in [0, 0.1) is 0 Å². The second kappa shape index (κ2) is 9.37. The summed E-state index contributed by atoms with van der Waals surface area (Å²) in [4.78, 5) is 27.1. The molecule has 3 rings (SSSR count). The van der Waals surface area contributed by atoms with E-state index >= 15 is 0 Å². The highest BCUT2D eigenvalue weighted by Crippen LogP contribution is 2.23. The quantitative estimate of drug-likeness (QED) is 0.688. The molecule has 1 aliphatic heterocycles. The lowest BCUT2D eigenvalue weighted by atomic mass is 10.1. The zero-order chi connectivity index (χ0) is 19.9. The molecule has 1 fully saturated rings. The first-order valence-corrected chi connectivity index (χ1v) is 9.78. The van der Waals surface area contributed by atoms with E-state index in [1.807, 2.05) is 48.5 Å². The van der Waals surface area contributed by atoms with Crippen LogP contribution < -0.4 is 21.3 Å². The monoisotopic (exact) mass is 380 g/mol. The van der Waals surface area contributed by atoms with Gasteiger partial charge in [-0.3, -0.25) is 9.59 Å². The van der Waals surface area contributed by atoms with Crippen LogP contribution in [0.15, 0.2) is 54.6 Å². The molecule has 2 unspecified atom stereocenters. The maximum Gasteiger partial charge on any atom is 0.246 e. The van der Waals surface area contributed by atoms with Gasteiger partial charge in [0.25, 0.3) is 0 Å². The van der Waals surface area contributed by atoms with Gasteiger partial charge in [-0.25, -0.2) is 0 Å². The molecule has 2 atom stereocenters. The Hall–Kier alpha value is -2.86. The van der Waals surface area contributed by atoms with Gasteiger partial charge in [0, 0.05) is 24.5 Å². The number of amides is 2. The van der Waals surface area contributed by atoms with E-state index in [4.69, 9.17) is 5.73 Å². The summed E-state index contributed by atoms with van der Waals surface area (Å²) in [6.45, 7) is 3.75. The van der Waals surface area contributed by atoms with Crippen molar-refractivity contribution in [2.24, 2.45) is 5.73 Å². The van der Waals surface area contributed by atoms with Gasteiger partial charge in [-0.15, -0.1) is 0 Å². The molecule has 148 valence electrons. The first-order valence-electron chi connectivity index (χ1n) is 9.78. The minimum atomic E-state index is -0.698. The third-order valence-electron chi connectivity index (χ3n) is 4.97. The summed E-state index contributed by atoms with van der Waals surface area (Å²) < 4.78 is 0. The minimum absolute atomic E-state index is 0.265. The van der Waals surface area contributed by atoms with Crippen molar-refractivity contribution >= 4 is 23.2 Å². The fraction of sp³-hybridized carbons (Fsp3) is 0.364. The number of hydrogen-bond acceptors (Lipinski definition) is 4. The molecule has 2 amide bonds. The number of carbonyl (C=O) groups excluding carboxylic acids is 2. The maximum absolute atomic E-state index is 12.5. The van der Waals surface area contributed by atoms with Crippen molar-refractivity contribution in [1.82, 2.24) is 5.32 Å². The molecule has 0 radical (unpaired) electrons. The van der Waals surface area contributed by atoms with Gasteiger partial charge in [0.2, 0.25) is 11.8 Å². The number of nitrogens with zero attached hydrogens (tertiary/aromatic N) is 1. The number of nitrogens with one attached hydrogen (secondary N) is 2.